The van der Waals surface area contributed by atoms with Crippen LogP contribution in [0.5, 0.6) is 0 Å². The van der Waals surface area contributed by atoms with Crippen molar-refractivity contribution in [2.75, 3.05) is 18.2 Å². The smallest absolute Gasteiger partial charge is 0.337 e. The van der Waals surface area contributed by atoms with Crippen LogP contribution in [0.3, 0.4) is 0 Å². The zero-order chi connectivity index (χ0) is 22.1. The number of anilines is 2. The predicted molar refractivity (Wildman–Crippen MR) is 105 cm³/mol. The number of esters is 1. The molecule has 158 valence electrons. The number of hydrogen-bond donors (Lipinski definition) is 2. The molecule has 12 heteroatoms. The van der Waals surface area contributed by atoms with E-state index in [9.17, 15) is 18.4 Å². The second-order valence-electron chi connectivity index (χ2n) is 6.34. The largest absolute Gasteiger partial charge is 0.465 e. The van der Waals surface area contributed by atoms with E-state index in [1.165, 1.54) is 65.2 Å². The Morgan fingerprint density at radius 3 is 2.61 bits per heavy atom. The van der Waals surface area contributed by atoms with E-state index in [1.54, 1.807) is 0 Å². The number of halogens is 2. The maximum atomic E-state index is 13.5. The third kappa shape index (κ3) is 3.77. The SMILES string of the molecule is COC(=O)c1ccc(-n2cc(NC(=O)c3cnn4ccc(N)nc34)c(C(F)F)n2)cc1. The molecule has 0 aliphatic heterocycles. The number of benzene rings is 1. The molecule has 0 fully saturated rings. The second kappa shape index (κ2) is 7.82. The molecule has 0 spiro atoms. The minimum absolute atomic E-state index is 0.0581. The third-order valence-corrected chi connectivity index (χ3v) is 4.39. The monoisotopic (exact) mass is 427 g/mol. The lowest BCUT2D eigenvalue weighted by molar-refractivity contribution is 0.0600. The fourth-order valence-electron chi connectivity index (χ4n) is 2.88. The van der Waals surface area contributed by atoms with Gasteiger partial charge in [-0.15, -0.1) is 0 Å². The van der Waals surface area contributed by atoms with Crippen LogP contribution in [-0.2, 0) is 4.74 Å². The minimum atomic E-state index is -2.94. The molecule has 0 aliphatic carbocycles. The molecule has 0 bridgehead atoms. The molecule has 1 aromatic carbocycles. The number of carbonyl (C=O) groups excluding carboxylic acids is 2. The number of rotatable bonds is 5. The van der Waals surface area contributed by atoms with Gasteiger partial charge in [0.05, 0.1) is 36.4 Å². The molecule has 0 saturated heterocycles. The van der Waals surface area contributed by atoms with Crippen molar-refractivity contribution in [3.63, 3.8) is 0 Å². The van der Waals surface area contributed by atoms with Crippen LogP contribution in [0.4, 0.5) is 20.3 Å². The quantitative estimate of drug-likeness (QED) is 0.468. The Bertz CT molecular complexity index is 1280. The standard InChI is InChI=1S/C19H15F2N7O3/c1-31-19(30)10-2-4-11(5-3-10)28-9-13(15(26-28)16(20)21)24-18(29)12-8-23-27-7-6-14(22)25-17(12)27/h2-9,16H,1H3,(H2,22,25)(H,24,29). The van der Waals surface area contributed by atoms with Crippen LogP contribution in [0.25, 0.3) is 11.3 Å². The molecule has 31 heavy (non-hydrogen) atoms. The number of nitrogens with one attached hydrogen (secondary N) is 1. The van der Waals surface area contributed by atoms with Gasteiger partial charge in [0.15, 0.2) is 11.3 Å². The van der Waals surface area contributed by atoms with Crippen LogP contribution in [-0.4, -0.2) is 43.4 Å². The Labute approximate surface area is 173 Å². The zero-order valence-corrected chi connectivity index (χ0v) is 16.0. The van der Waals surface area contributed by atoms with Gasteiger partial charge in [-0.25, -0.2) is 27.8 Å². The summed E-state index contributed by atoms with van der Waals surface area (Å²) in [6.07, 6.45) is 1.09. The van der Waals surface area contributed by atoms with Gasteiger partial charge in [-0.2, -0.15) is 10.2 Å². The molecule has 0 saturated carbocycles. The van der Waals surface area contributed by atoms with Gasteiger partial charge >= 0.3 is 5.97 Å². The van der Waals surface area contributed by atoms with Gasteiger partial charge in [-0.05, 0) is 30.3 Å². The van der Waals surface area contributed by atoms with E-state index in [2.05, 4.69) is 25.2 Å². The summed E-state index contributed by atoms with van der Waals surface area (Å²) in [6, 6.07) is 7.47. The number of fused-ring (bicyclic) bond motifs is 1. The Hall–Kier alpha value is -4.35. The van der Waals surface area contributed by atoms with Gasteiger partial charge in [0.2, 0.25) is 0 Å². The highest BCUT2D eigenvalue weighted by Crippen LogP contribution is 2.28. The van der Waals surface area contributed by atoms with Crippen LogP contribution >= 0.6 is 0 Å². The van der Waals surface area contributed by atoms with Gasteiger partial charge in [-0.3, -0.25) is 4.79 Å². The maximum absolute atomic E-state index is 13.5. The molecule has 4 aromatic rings. The Kier molecular flexibility index (Phi) is 5.03. The molecule has 0 aliphatic rings. The van der Waals surface area contributed by atoms with Crippen LogP contribution in [0.1, 0.15) is 32.8 Å². The topological polar surface area (TPSA) is 129 Å². The first-order valence-electron chi connectivity index (χ1n) is 8.85. The average Bonchev–Trinajstić information content (AvgIpc) is 3.37. The number of nitrogens with zero attached hydrogens (tertiary/aromatic N) is 5. The maximum Gasteiger partial charge on any atom is 0.337 e. The Morgan fingerprint density at radius 2 is 1.94 bits per heavy atom. The van der Waals surface area contributed by atoms with E-state index >= 15 is 0 Å². The van der Waals surface area contributed by atoms with Crippen molar-refractivity contribution in [3.8, 4) is 5.69 Å². The number of ether oxygens (including phenoxy) is 1. The molecular formula is C19H15F2N7O3. The lowest BCUT2D eigenvalue weighted by Crippen LogP contribution is -2.13. The summed E-state index contributed by atoms with van der Waals surface area (Å²) in [5, 5.41) is 10.3. The summed E-state index contributed by atoms with van der Waals surface area (Å²) in [5.41, 5.74) is 5.79. The minimum Gasteiger partial charge on any atom is -0.465 e. The van der Waals surface area contributed by atoms with Gasteiger partial charge < -0.3 is 15.8 Å². The van der Waals surface area contributed by atoms with E-state index in [0.29, 0.717) is 11.3 Å². The molecule has 10 nitrogen and oxygen atoms in total. The van der Waals surface area contributed by atoms with Crippen molar-refractivity contribution in [2.45, 2.75) is 6.43 Å². The molecule has 1 amide bonds. The molecule has 4 rings (SSSR count). The molecule has 0 radical (unpaired) electrons. The van der Waals surface area contributed by atoms with Crippen molar-refractivity contribution >= 4 is 29.0 Å². The Morgan fingerprint density at radius 1 is 1.19 bits per heavy atom. The van der Waals surface area contributed by atoms with Crippen LogP contribution < -0.4 is 11.1 Å². The van der Waals surface area contributed by atoms with Gasteiger partial charge in [-0.1, -0.05) is 0 Å². The number of amides is 1. The molecule has 3 aromatic heterocycles. The Balaban J connectivity index is 1.65. The number of methoxy groups -OCH3 is 1. The number of nitrogens with two attached hydrogens (primary N) is 1. The highest BCUT2D eigenvalue weighted by Gasteiger charge is 2.23. The molecule has 3 heterocycles. The third-order valence-electron chi connectivity index (χ3n) is 4.39. The zero-order valence-electron chi connectivity index (χ0n) is 16.0. The molecule has 0 unspecified atom stereocenters. The van der Waals surface area contributed by atoms with E-state index in [1.807, 2.05) is 0 Å². The van der Waals surface area contributed by atoms with Gasteiger partial charge in [0, 0.05) is 6.20 Å². The molecular weight excluding hydrogens is 412 g/mol. The lowest BCUT2D eigenvalue weighted by Gasteiger charge is -2.04. The lowest BCUT2D eigenvalue weighted by atomic mass is 10.2. The molecule has 3 N–H and O–H groups in total. The van der Waals surface area contributed by atoms with Crippen molar-refractivity contribution in [2.24, 2.45) is 0 Å². The number of alkyl halides is 2. The van der Waals surface area contributed by atoms with Crippen LogP contribution in [0, 0.1) is 0 Å². The van der Waals surface area contributed by atoms with Crippen LogP contribution in [0.15, 0.2) is 48.9 Å². The van der Waals surface area contributed by atoms with Crippen molar-refractivity contribution in [1.29, 1.82) is 0 Å². The van der Waals surface area contributed by atoms with E-state index < -0.39 is 24.0 Å². The summed E-state index contributed by atoms with van der Waals surface area (Å²) >= 11 is 0. The average molecular weight is 427 g/mol. The van der Waals surface area contributed by atoms with Crippen LogP contribution in [0.2, 0.25) is 0 Å². The normalized spacial score (nSPS) is 11.1. The summed E-state index contributed by atoms with van der Waals surface area (Å²) in [5.74, 6) is -1.05. The summed E-state index contributed by atoms with van der Waals surface area (Å²) in [4.78, 5) is 28.3. The first-order valence-corrected chi connectivity index (χ1v) is 8.85. The predicted octanol–water partition coefficient (Wildman–Crippen LogP) is 2.47. The van der Waals surface area contributed by atoms with E-state index in [4.69, 9.17) is 5.73 Å². The summed E-state index contributed by atoms with van der Waals surface area (Å²) < 4.78 is 34.2. The number of hydrogen-bond acceptors (Lipinski definition) is 7. The van der Waals surface area contributed by atoms with Crippen molar-refractivity contribution in [3.05, 3.63) is 65.7 Å². The van der Waals surface area contributed by atoms with Crippen molar-refractivity contribution < 1.29 is 23.1 Å². The number of nitrogen functional groups attached to an aromatic ring is 1. The van der Waals surface area contributed by atoms with E-state index in [0.717, 1.165) is 0 Å². The summed E-state index contributed by atoms with van der Waals surface area (Å²) in [7, 11) is 1.25. The number of aromatic nitrogens is 5. The van der Waals surface area contributed by atoms with Crippen molar-refractivity contribution in [1.82, 2.24) is 24.4 Å². The first kappa shape index (κ1) is 19.9. The molecule has 0 atom stereocenters. The highest BCUT2D eigenvalue weighted by atomic mass is 19.3. The van der Waals surface area contributed by atoms with E-state index in [-0.39, 0.29) is 22.7 Å². The second-order valence-corrected chi connectivity index (χ2v) is 6.34. The van der Waals surface area contributed by atoms with Gasteiger partial charge in [0.1, 0.15) is 11.4 Å². The first-order chi connectivity index (χ1) is 14.9. The highest BCUT2D eigenvalue weighted by molar-refractivity contribution is 6.08. The number of carbonyl (C=O) groups is 2. The fourth-order valence-corrected chi connectivity index (χ4v) is 2.88. The van der Waals surface area contributed by atoms with Gasteiger partial charge in [0.25, 0.3) is 12.3 Å². The fraction of sp³-hybridized carbons (Fsp3) is 0.105. The summed E-state index contributed by atoms with van der Waals surface area (Å²) in [6.45, 7) is 0.